The van der Waals surface area contributed by atoms with Gasteiger partial charge in [-0.25, -0.2) is 4.98 Å². The molecule has 0 radical (unpaired) electrons. The summed E-state index contributed by atoms with van der Waals surface area (Å²) in [5.41, 5.74) is 1.40. The summed E-state index contributed by atoms with van der Waals surface area (Å²) in [7, 11) is 1.56. The molecule has 3 aromatic rings. The minimum Gasteiger partial charge on any atom is -0.481 e. The first kappa shape index (κ1) is 17.5. The van der Waals surface area contributed by atoms with Crippen LogP contribution in [0.1, 0.15) is 5.56 Å². The highest BCUT2D eigenvalue weighted by atomic mass is 35.5. The van der Waals surface area contributed by atoms with Crippen LogP contribution in [-0.2, 0) is 11.2 Å². The third-order valence-electron chi connectivity index (χ3n) is 3.72. The lowest BCUT2D eigenvalue weighted by Crippen LogP contribution is -2.14. The van der Waals surface area contributed by atoms with E-state index in [9.17, 15) is 4.79 Å². The highest BCUT2D eigenvalue weighted by Gasteiger charge is 2.12. The number of methoxy groups -OCH3 is 1. The molecular weight excluding hydrogens is 358 g/mol. The Bertz CT molecular complexity index is 933. The Morgan fingerprint density at radius 3 is 2.80 bits per heavy atom. The Morgan fingerprint density at radius 1 is 1.28 bits per heavy atom. The summed E-state index contributed by atoms with van der Waals surface area (Å²) in [4.78, 5) is 17.4. The van der Waals surface area contributed by atoms with Crippen molar-refractivity contribution in [1.29, 1.82) is 0 Å². The maximum atomic E-state index is 12.4. The molecule has 7 heteroatoms. The predicted octanol–water partition coefficient (Wildman–Crippen LogP) is 4.04. The molecule has 0 aliphatic rings. The molecule has 1 aromatic heterocycles. The standard InChI is InChI=1S/C18H16ClN3O2S/c1-24-18-14-9-12(10-16(25-20)13(14)6-7-21-18)22-17(23)8-11-4-2-3-5-15(11)19/h2-7,9-10H,8,20H2,1H3,(H,22,23). The van der Waals surface area contributed by atoms with Gasteiger partial charge in [0.1, 0.15) is 0 Å². The molecular formula is C18H16ClN3O2S. The van der Waals surface area contributed by atoms with Crippen molar-refractivity contribution in [2.45, 2.75) is 11.3 Å². The lowest BCUT2D eigenvalue weighted by molar-refractivity contribution is -0.115. The number of anilines is 1. The maximum absolute atomic E-state index is 12.4. The highest BCUT2D eigenvalue weighted by Crippen LogP contribution is 2.33. The summed E-state index contributed by atoms with van der Waals surface area (Å²) in [5, 5.41) is 10.9. The second-order valence-corrected chi connectivity index (χ2v) is 6.41. The molecule has 0 spiro atoms. The van der Waals surface area contributed by atoms with Gasteiger partial charge >= 0.3 is 0 Å². The van der Waals surface area contributed by atoms with E-state index >= 15 is 0 Å². The molecule has 0 aliphatic heterocycles. The van der Waals surface area contributed by atoms with E-state index < -0.39 is 0 Å². The fourth-order valence-corrected chi connectivity index (χ4v) is 3.28. The molecule has 128 valence electrons. The van der Waals surface area contributed by atoms with Crippen LogP contribution in [0.4, 0.5) is 5.69 Å². The largest absolute Gasteiger partial charge is 0.481 e. The third-order valence-corrected chi connectivity index (χ3v) is 4.68. The van der Waals surface area contributed by atoms with Crippen LogP contribution >= 0.6 is 23.5 Å². The van der Waals surface area contributed by atoms with Crippen molar-refractivity contribution in [3.63, 3.8) is 0 Å². The number of hydrogen-bond acceptors (Lipinski definition) is 5. The molecule has 0 unspecified atom stereocenters. The fraction of sp³-hybridized carbons (Fsp3) is 0.111. The summed E-state index contributed by atoms with van der Waals surface area (Å²) in [5.74, 6) is 0.318. The number of carbonyl (C=O) groups is 1. The number of rotatable bonds is 5. The Morgan fingerprint density at radius 2 is 2.08 bits per heavy atom. The van der Waals surface area contributed by atoms with Crippen LogP contribution in [0, 0.1) is 0 Å². The normalized spacial score (nSPS) is 10.7. The SMILES string of the molecule is COc1nccc2c(SN)cc(NC(=O)Cc3ccccc3Cl)cc12. The Labute approximate surface area is 154 Å². The minimum atomic E-state index is -0.164. The minimum absolute atomic E-state index is 0.164. The molecule has 0 bridgehead atoms. The van der Waals surface area contributed by atoms with E-state index in [1.807, 2.05) is 36.4 Å². The zero-order valence-electron chi connectivity index (χ0n) is 13.5. The zero-order chi connectivity index (χ0) is 17.8. The second-order valence-electron chi connectivity index (χ2n) is 5.32. The molecule has 5 nitrogen and oxygen atoms in total. The van der Waals surface area contributed by atoms with Gasteiger partial charge in [0.25, 0.3) is 0 Å². The van der Waals surface area contributed by atoms with Gasteiger partial charge in [-0.3, -0.25) is 9.93 Å². The monoisotopic (exact) mass is 373 g/mol. The van der Waals surface area contributed by atoms with E-state index in [1.165, 1.54) is 0 Å². The number of nitrogens with zero attached hydrogens (tertiary/aromatic N) is 1. The van der Waals surface area contributed by atoms with Crippen LogP contribution in [0.5, 0.6) is 5.88 Å². The summed E-state index contributed by atoms with van der Waals surface area (Å²) >= 11 is 7.22. The molecule has 3 rings (SSSR count). The van der Waals surface area contributed by atoms with Crippen LogP contribution in [0.15, 0.2) is 53.6 Å². The first-order chi connectivity index (χ1) is 12.1. The van der Waals surface area contributed by atoms with Gasteiger partial charge in [-0.15, -0.1) is 0 Å². The van der Waals surface area contributed by atoms with Crippen LogP contribution in [0.2, 0.25) is 5.02 Å². The van der Waals surface area contributed by atoms with Crippen LogP contribution in [0.3, 0.4) is 0 Å². The van der Waals surface area contributed by atoms with Gasteiger partial charge < -0.3 is 10.1 Å². The summed E-state index contributed by atoms with van der Waals surface area (Å²) in [6.45, 7) is 0. The van der Waals surface area contributed by atoms with E-state index in [2.05, 4.69) is 10.3 Å². The van der Waals surface area contributed by atoms with Crippen LogP contribution in [0.25, 0.3) is 10.8 Å². The van der Waals surface area contributed by atoms with Crippen molar-refractivity contribution in [1.82, 2.24) is 4.98 Å². The fourth-order valence-electron chi connectivity index (χ4n) is 2.58. The molecule has 25 heavy (non-hydrogen) atoms. The number of nitrogens with two attached hydrogens (primary N) is 1. The molecule has 0 fully saturated rings. The first-order valence-electron chi connectivity index (χ1n) is 7.49. The number of nitrogens with one attached hydrogen (secondary N) is 1. The molecule has 1 heterocycles. The Balaban J connectivity index is 1.91. The van der Waals surface area contributed by atoms with Crippen LogP contribution < -0.4 is 15.2 Å². The van der Waals surface area contributed by atoms with Crippen molar-refractivity contribution in [2.75, 3.05) is 12.4 Å². The number of amides is 1. The number of aromatic nitrogens is 1. The average Bonchev–Trinajstić information content (AvgIpc) is 2.62. The summed E-state index contributed by atoms with van der Waals surface area (Å²) < 4.78 is 5.31. The van der Waals surface area contributed by atoms with E-state index in [1.54, 1.807) is 19.4 Å². The van der Waals surface area contributed by atoms with Crippen molar-refractivity contribution in [3.8, 4) is 5.88 Å². The van der Waals surface area contributed by atoms with Crippen LogP contribution in [-0.4, -0.2) is 18.0 Å². The summed E-state index contributed by atoms with van der Waals surface area (Å²) in [6.07, 6.45) is 1.85. The second kappa shape index (κ2) is 7.74. The van der Waals surface area contributed by atoms with E-state index in [-0.39, 0.29) is 12.3 Å². The van der Waals surface area contributed by atoms with E-state index in [4.69, 9.17) is 21.5 Å². The zero-order valence-corrected chi connectivity index (χ0v) is 15.0. The number of benzene rings is 2. The van der Waals surface area contributed by atoms with Gasteiger partial charge in [-0.1, -0.05) is 29.8 Å². The Kier molecular flexibility index (Phi) is 5.43. The average molecular weight is 374 g/mol. The van der Waals surface area contributed by atoms with Gasteiger partial charge in [0, 0.05) is 32.6 Å². The van der Waals surface area contributed by atoms with Crippen molar-refractivity contribution < 1.29 is 9.53 Å². The van der Waals surface area contributed by atoms with E-state index in [0.29, 0.717) is 16.6 Å². The molecule has 3 N–H and O–H groups in total. The van der Waals surface area contributed by atoms with Gasteiger partial charge in [-0.2, -0.15) is 0 Å². The topological polar surface area (TPSA) is 77.2 Å². The summed E-state index contributed by atoms with van der Waals surface area (Å²) in [6, 6.07) is 12.8. The quantitative estimate of drug-likeness (QED) is 0.660. The highest BCUT2D eigenvalue weighted by molar-refractivity contribution is 7.97. The predicted molar refractivity (Wildman–Crippen MR) is 102 cm³/mol. The third kappa shape index (κ3) is 3.87. The van der Waals surface area contributed by atoms with Gasteiger partial charge in [0.05, 0.1) is 13.5 Å². The van der Waals surface area contributed by atoms with Gasteiger partial charge in [-0.05, 0) is 41.8 Å². The van der Waals surface area contributed by atoms with Crippen molar-refractivity contribution >= 4 is 45.9 Å². The Hall–Kier alpha value is -2.28. The first-order valence-corrected chi connectivity index (χ1v) is 8.75. The smallest absolute Gasteiger partial charge is 0.228 e. The molecule has 0 atom stereocenters. The lowest BCUT2D eigenvalue weighted by atomic mass is 10.1. The molecule has 0 saturated carbocycles. The maximum Gasteiger partial charge on any atom is 0.228 e. The molecule has 0 aliphatic carbocycles. The van der Waals surface area contributed by atoms with E-state index in [0.717, 1.165) is 33.2 Å². The lowest BCUT2D eigenvalue weighted by Gasteiger charge is -2.12. The number of hydrogen-bond donors (Lipinski definition) is 2. The molecule has 0 saturated heterocycles. The number of halogens is 1. The van der Waals surface area contributed by atoms with Gasteiger partial charge in [0.15, 0.2) is 0 Å². The van der Waals surface area contributed by atoms with Crippen molar-refractivity contribution in [2.24, 2.45) is 5.14 Å². The number of ether oxygens (including phenoxy) is 1. The number of pyridine rings is 1. The number of carbonyl (C=O) groups excluding carboxylic acids is 1. The van der Waals surface area contributed by atoms with Crippen molar-refractivity contribution in [3.05, 3.63) is 59.2 Å². The molecule has 2 aromatic carbocycles. The van der Waals surface area contributed by atoms with Gasteiger partial charge in [0.2, 0.25) is 11.8 Å². The molecule has 1 amide bonds. The number of fused-ring (bicyclic) bond motifs is 1.